The highest BCUT2D eigenvalue weighted by Crippen LogP contribution is 2.38. The molecule has 1 aromatic rings. The number of ether oxygens (including phenoxy) is 1. The molecule has 0 bridgehead atoms. The summed E-state index contributed by atoms with van der Waals surface area (Å²) in [5.41, 5.74) is 0.251. The van der Waals surface area contributed by atoms with E-state index < -0.39 is 5.60 Å². The largest absolute Gasteiger partial charge is 0.444 e. The molecule has 154 valence electrons. The van der Waals surface area contributed by atoms with Crippen LogP contribution in [0.1, 0.15) is 53.4 Å². The second kappa shape index (κ2) is 7.97. The van der Waals surface area contributed by atoms with Gasteiger partial charge in [0.15, 0.2) is 0 Å². The molecule has 7 heteroatoms. The SMILES string of the molecule is CC(C)(C)OC(=O)N1CCN(c2ccc(NC(=O)C3(C)CCCC3)nc2)CC1. The molecule has 1 saturated heterocycles. The van der Waals surface area contributed by atoms with E-state index in [1.807, 2.05) is 39.8 Å². The van der Waals surface area contributed by atoms with Gasteiger partial charge < -0.3 is 19.9 Å². The Hall–Kier alpha value is -2.31. The second-order valence-electron chi connectivity index (χ2n) is 9.08. The van der Waals surface area contributed by atoms with Gasteiger partial charge in [-0.15, -0.1) is 0 Å². The zero-order valence-electron chi connectivity index (χ0n) is 17.5. The Balaban J connectivity index is 1.52. The van der Waals surface area contributed by atoms with E-state index in [4.69, 9.17) is 4.74 Å². The van der Waals surface area contributed by atoms with Crippen molar-refractivity contribution in [1.82, 2.24) is 9.88 Å². The van der Waals surface area contributed by atoms with Crippen molar-refractivity contribution in [2.75, 3.05) is 36.4 Å². The van der Waals surface area contributed by atoms with Gasteiger partial charge >= 0.3 is 6.09 Å². The lowest BCUT2D eigenvalue weighted by atomic mass is 9.88. The van der Waals surface area contributed by atoms with E-state index in [1.165, 1.54) is 0 Å². The molecule has 2 fully saturated rings. The van der Waals surface area contributed by atoms with Crippen LogP contribution in [-0.2, 0) is 9.53 Å². The molecular formula is C21H32N4O3. The standard InChI is InChI=1S/C21H32N4O3/c1-20(2,3)28-19(27)25-13-11-24(12-14-25)16-7-8-17(22-15-16)23-18(26)21(4)9-5-6-10-21/h7-8,15H,5-6,9-14H2,1-4H3,(H,22,23,26). The lowest BCUT2D eigenvalue weighted by molar-refractivity contribution is -0.124. The van der Waals surface area contributed by atoms with E-state index >= 15 is 0 Å². The van der Waals surface area contributed by atoms with E-state index in [9.17, 15) is 9.59 Å². The Bertz CT molecular complexity index is 697. The predicted molar refractivity (Wildman–Crippen MR) is 109 cm³/mol. The van der Waals surface area contributed by atoms with Crippen molar-refractivity contribution >= 4 is 23.5 Å². The third kappa shape index (κ3) is 4.94. The second-order valence-corrected chi connectivity index (χ2v) is 9.08. The van der Waals surface area contributed by atoms with Gasteiger partial charge in [0.25, 0.3) is 0 Å². The van der Waals surface area contributed by atoms with Crippen molar-refractivity contribution in [2.24, 2.45) is 5.41 Å². The van der Waals surface area contributed by atoms with E-state index in [1.54, 1.807) is 11.1 Å². The van der Waals surface area contributed by atoms with Crippen LogP contribution in [0, 0.1) is 5.41 Å². The zero-order chi connectivity index (χ0) is 20.4. The lowest BCUT2D eigenvalue weighted by Gasteiger charge is -2.36. The molecule has 0 unspecified atom stereocenters. The van der Waals surface area contributed by atoms with Crippen molar-refractivity contribution in [2.45, 2.75) is 59.0 Å². The fraction of sp³-hybridized carbons (Fsp3) is 0.667. The minimum Gasteiger partial charge on any atom is -0.444 e. The van der Waals surface area contributed by atoms with Gasteiger partial charge in [0.1, 0.15) is 11.4 Å². The maximum absolute atomic E-state index is 12.5. The number of hydrogen-bond donors (Lipinski definition) is 1. The number of carbonyl (C=O) groups excluding carboxylic acids is 2. The summed E-state index contributed by atoms with van der Waals surface area (Å²) in [6.45, 7) is 10.3. The number of nitrogens with zero attached hydrogens (tertiary/aromatic N) is 3. The first-order chi connectivity index (χ1) is 13.2. The molecule has 1 saturated carbocycles. The Morgan fingerprint density at radius 3 is 2.29 bits per heavy atom. The third-order valence-electron chi connectivity index (χ3n) is 5.54. The quantitative estimate of drug-likeness (QED) is 0.855. The normalized spacial score (nSPS) is 19.4. The van der Waals surface area contributed by atoms with Crippen LogP contribution in [0.4, 0.5) is 16.3 Å². The molecule has 2 amide bonds. The van der Waals surface area contributed by atoms with Crippen molar-refractivity contribution in [1.29, 1.82) is 0 Å². The van der Waals surface area contributed by atoms with E-state index in [0.29, 0.717) is 18.9 Å². The summed E-state index contributed by atoms with van der Waals surface area (Å²) in [5.74, 6) is 0.658. The number of anilines is 2. The van der Waals surface area contributed by atoms with Crippen molar-refractivity contribution in [3.05, 3.63) is 18.3 Å². The average Bonchev–Trinajstić information content (AvgIpc) is 3.09. The van der Waals surface area contributed by atoms with Crippen molar-refractivity contribution < 1.29 is 14.3 Å². The van der Waals surface area contributed by atoms with Crippen molar-refractivity contribution in [3.8, 4) is 0 Å². The number of pyridine rings is 1. The minimum absolute atomic E-state index is 0.0659. The zero-order valence-corrected chi connectivity index (χ0v) is 17.5. The highest BCUT2D eigenvalue weighted by atomic mass is 16.6. The van der Waals surface area contributed by atoms with Crippen LogP contribution in [0.15, 0.2) is 18.3 Å². The van der Waals surface area contributed by atoms with Gasteiger partial charge in [0, 0.05) is 31.6 Å². The Labute approximate surface area is 167 Å². The molecule has 1 aliphatic carbocycles. The van der Waals surface area contributed by atoms with Gasteiger partial charge in [0.05, 0.1) is 11.9 Å². The topological polar surface area (TPSA) is 74.8 Å². The molecule has 1 N–H and O–H groups in total. The van der Waals surface area contributed by atoms with Gasteiger partial charge in [-0.05, 0) is 45.7 Å². The van der Waals surface area contributed by atoms with Crippen LogP contribution in [-0.4, -0.2) is 53.7 Å². The molecule has 0 spiro atoms. The molecule has 1 aromatic heterocycles. The number of aromatic nitrogens is 1. The first-order valence-electron chi connectivity index (χ1n) is 10.2. The van der Waals surface area contributed by atoms with Crippen LogP contribution < -0.4 is 10.2 Å². The van der Waals surface area contributed by atoms with Gasteiger partial charge in [-0.2, -0.15) is 0 Å². The fourth-order valence-corrected chi connectivity index (χ4v) is 3.77. The van der Waals surface area contributed by atoms with Crippen LogP contribution in [0.5, 0.6) is 0 Å². The summed E-state index contributed by atoms with van der Waals surface area (Å²) in [4.78, 5) is 33.0. The summed E-state index contributed by atoms with van der Waals surface area (Å²) in [5, 5.41) is 2.96. The van der Waals surface area contributed by atoms with Gasteiger partial charge in [-0.25, -0.2) is 9.78 Å². The highest BCUT2D eigenvalue weighted by Gasteiger charge is 2.36. The lowest BCUT2D eigenvalue weighted by Crippen LogP contribution is -2.50. The fourth-order valence-electron chi connectivity index (χ4n) is 3.77. The molecule has 0 atom stereocenters. The Kier molecular flexibility index (Phi) is 5.82. The van der Waals surface area contributed by atoms with Gasteiger partial charge in [-0.1, -0.05) is 19.8 Å². The van der Waals surface area contributed by atoms with Crippen LogP contribution in [0.25, 0.3) is 0 Å². The Morgan fingerprint density at radius 2 is 1.75 bits per heavy atom. The summed E-state index contributed by atoms with van der Waals surface area (Å²) in [6, 6.07) is 3.83. The predicted octanol–water partition coefficient (Wildman–Crippen LogP) is 3.66. The van der Waals surface area contributed by atoms with Crippen LogP contribution in [0.3, 0.4) is 0 Å². The van der Waals surface area contributed by atoms with E-state index in [0.717, 1.165) is 44.5 Å². The number of amides is 2. The number of rotatable bonds is 3. The number of hydrogen-bond acceptors (Lipinski definition) is 5. The maximum Gasteiger partial charge on any atom is 0.410 e. The van der Waals surface area contributed by atoms with Crippen LogP contribution >= 0.6 is 0 Å². The maximum atomic E-state index is 12.5. The van der Waals surface area contributed by atoms with Gasteiger partial charge in [-0.3, -0.25) is 4.79 Å². The molecule has 28 heavy (non-hydrogen) atoms. The summed E-state index contributed by atoms with van der Waals surface area (Å²) < 4.78 is 5.44. The monoisotopic (exact) mass is 388 g/mol. The van der Waals surface area contributed by atoms with E-state index in [2.05, 4.69) is 15.2 Å². The highest BCUT2D eigenvalue weighted by molar-refractivity contribution is 5.94. The smallest absolute Gasteiger partial charge is 0.410 e. The number of nitrogens with one attached hydrogen (secondary N) is 1. The van der Waals surface area contributed by atoms with Crippen molar-refractivity contribution in [3.63, 3.8) is 0 Å². The third-order valence-corrected chi connectivity index (χ3v) is 5.54. The number of carbonyl (C=O) groups is 2. The first kappa shape index (κ1) is 20.4. The summed E-state index contributed by atoms with van der Waals surface area (Å²) in [6.07, 6.45) is 5.65. The Morgan fingerprint density at radius 1 is 1.11 bits per heavy atom. The number of piperazine rings is 1. The molecule has 2 heterocycles. The van der Waals surface area contributed by atoms with Gasteiger partial charge in [0.2, 0.25) is 5.91 Å². The molecule has 1 aliphatic heterocycles. The molecule has 7 nitrogen and oxygen atoms in total. The molecule has 0 aromatic carbocycles. The summed E-state index contributed by atoms with van der Waals surface area (Å²) in [7, 11) is 0. The van der Waals surface area contributed by atoms with Crippen LogP contribution in [0.2, 0.25) is 0 Å². The molecule has 2 aliphatic rings. The van der Waals surface area contributed by atoms with E-state index in [-0.39, 0.29) is 17.4 Å². The minimum atomic E-state index is -0.478. The molecule has 0 radical (unpaired) electrons. The summed E-state index contributed by atoms with van der Waals surface area (Å²) >= 11 is 0. The molecular weight excluding hydrogens is 356 g/mol. The average molecular weight is 389 g/mol. The first-order valence-corrected chi connectivity index (χ1v) is 10.2. The molecule has 3 rings (SSSR count).